The SMILES string of the molecule is CCOC(=O)C/C(=N/N(C)c1ccccc1)C(=O)OCC. The Bertz CT molecular complexity index is 500. The summed E-state index contributed by atoms with van der Waals surface area (Å²) in [6.07, 6.45) is -0.218. The normalized spacial score (nSPS) is 10.9. The molecule has 114 valence electrons. The summed E-state index contributed by atoms with van der Waals surface area (Å²) < 4.78 is 9.76. The van der Waals surface area contributed by atoms with Gasteiger partial charge in [-0.25, -0.2) is 4.79 Å². The van der Waals surface area contributed by atoms with Crippen molar-refractivity contribution in [2.24, 2.45) is 5.10 Å². The second kappa shape index (κ2) is 8.73. The van der Waals surface area contributed by atoms with Crippen molar-refractivity contribution in [2.45, 2.75) is 20.3 Å². The number of para-hydroxylation sites is 1. The van der Waals surface area contributed by atoms with Crippen molar-refractivity contribution in [2.75, 3.05) is 25.3 Å². The lowest BCUT2D eigenvalue weighted by molar-refractivity contribution is -0.143. The molecular weight excluding hydrogens is 272 g/mol. The molecule has 0 unspecified atom stereocenters. The lowest BCUT2D eigenvalue weighted by atomic mass is 10.2. The van der Waals surface area contributed by atoms with E-state index in [1.165, 1.54) is 5.01 Å². The first-order valence-electron chi connectivity index (χ1n) is 6.77. The summed E-state index contributed by atoms with van der Waals surface area (Å²) >= 11 is 0. The summed E-state index contributed by atoms with van der Waals surface area (Å²) in [5.74, 6) is -1.13. The van der Waals surface area contributed by atoms with E-state index >= 15 is 0 Å². The highest BCUT2D eigenvalue weighted by atomic mass is 16.5. The Morgan fingerprint density at radius 3 is 2.29 bits per heavy atom. The molecule has 1 aromatic rings. The van der Waals surface area contributed by atoms with Crippen molar-refractivity contribution in [3.8, 4) is 0 Å². The highest BCUT2D eigenvalue weighted by molar-refractivity contribution is 6.39. The Morgan fingerprint density at radius 2 is 1.71 bits per heavy atom. The highest BCUT2D eigenvalue weighted by Crippen LogP contribution is 2.12. The molecule has 6 heteroatoms. The van der Waals surface area contributed by atoms with Gasteiger partial charge >= 0.3 is 11.9 Å². The fourth-order valence-corrected chi connectivity index (χ4v) is 1.59. The maximum atomic E-state index is 11.9. The van der Waals surface area contributed by atoms with Crippen molar-refractivity contribution < 1.29 is 19.1 Å². The Kier molecular flexibility index (Phi) is 6.94. The molecule has 0 heterocycles. The van der Waals surface area contributed by atoms with Crippen molar-refractivity contribution >= 4 is 23.3 Å². The fraction of sp³-hybridized carbons (Fsp3) is 0.400. The van der Waals surface area contributed by atoms with Crippen molar-refractivity contribution in [1.29, 1.82) is 0 Å². The third kappa shape index (κ3) is 5.64. The van der Waals surface area contributed by atoms with E-state index < -0.39 is 11.9 Å². The molecule has 0 bridgehead atoms. The number of hydrazone groups is 1. The Hall–Kier alpha value is -2.37. The number of ether oxygens (including phenoxy) is 2. The monoisotopic (exact) mass is 292 g/mol. The quantitative estimate of drug-likeness (QED) is 0.437. The molecular formula is C15H20N2O4. The van der Waals surface area contributed by atoms with Gasteiger partial charge in [0.05, 0.1) is 25.3 Å². The van der Waals surface area contributed by atoms with E-state index in [1.54, 1.807) is 20.9 Å². The van der Waals surface area contributed by atoms with E-state index in [-0.39, 0.29) is 25.3 Å². The van der Waals surface area contributed by atoms with Gasteiger partial charge in [-0.05, 0) is 26.0 Å². The summed E-state index contributed by atoms with van der Waals surface area (Å²) in [5.41, 5.74) is 0.810. The molecule has 0 aliphatic carbocycles. The topological polar surface area (TPSA) is 68.2 Å². The number of nitrogens with zero attached hydrogens (tertiary/aromatic N) is 2. The molecule has 0 radical (unpaired) electrons. The third-order valence-corrected chi connectivity index (χ3v) is 2.53. The number of rotatable bonds is 7. The number of benzene rings is 1. The van der Waals surface area contributed by atoms with Gasteiger partial charge in [-0.15, -0.1) is 0 Å². The van der Waals surface area contributed by atoms with Crippen LogP contribution in [0.4, 0.5) is 5.69 Å². The van der Waals surface area contributed by atoms with Crippen LogP contribution in [0.2, 0.25) is 0 Å². The molecule has 0 amide bonds. The summed E-state index contributed by atoms with van der Waals surface area (Å²) in [6, 6.07) is 9.28. The first-order valence-corrected chi connectivity index (χ1v) is 6.77. The molecule has 21 heavy (non-hydrogen) atoms. The molecule has 0 fully saturated rings. The van der Waals surface area contributed by atoms with E-state index in [2.05, 4.69) is 5.10 Å². The van der Waals surface area contributed by atoms with Gasteiger partial charge < -0.3 is 9.47 Å². The molecule has 0 saturated heterocycles. The zero-order valence-corrected chi connectivity index (χ0v) is 12.5. The van der Waals surface area contributed by atoms with Gasteiger partial charge in [0.15, 0.2) is 5.71 Å². The van der Waals surface area contributed by atoms with E-state index in [0.29, 0.717) is 0 Å². The number of carbonyl (C=O) groups is 2. The van der Waals surface area contributed by atoms with Crippen molar-refractivity contribution in [1.82, 2.24) is 0 Å². The highest BCUT2D eigenvalue weighted by Gasteiger charge is 2.19. The minimum atomic E-state index is -0.617. The zero-order valence-electron chi connectivity index (χ0n) is 12.5. The molecule has 6 nitrogen and oxygen atoms in total. The second-order valence-corrected chi connectivity index (χ2v) is 4.11. The molecule has 0 aliphatic rings. The van der Waals surface area contributed by atoms with Crippen LogP contribution in [0.25, 0.3) is 0 Å². The van der Waals surface area contributed by atoms with E-state index in [1.807, 2.05) is 30.3 Å². The van der Waals surface area contributed by atoms with Crippen LogP contribution < -0.4 is 5.01 Å². The minimum absolute atomic E-state index is 0.0154. The van der Waals surface area contributed by atoms with Gasteiger partial charge in [-0.2, -0.15) is 5.10 Å². The summed E-state index contributed by atoms with van der Waals surface area (Å²) in [6.45, 7) is 3.87. The Morgan fingerprint density at radius 1 is 1.10 bits per heavy atom. The standard InChI is InChI=1S/C15H20N2O4/c1-4-20-14(18)11-13(15(19)21-5-2)16-17(3)12-9-7-6-8-10-12/h6-10H,4-5,11H2,1-3H3/b16-13-. The maximum Gasteiger partial charge on any atom is 0.355 e. The van der Waals surface area contributed by atoms with Gasteiger partial charge in [-0.1, -0.05) is 18.2 Å². The number of hydrogen-bond donors (Lipinski definition) is 0. The number of anilines is 1. The van der Waals surface area contributed by atoms with Crippen LogP contribution in [0, 0.1) is 0 Å². The summed E-state index contributed by atoms with van der Waals surface area (Å²) in [5, 5.41) is 5.68. The van der Waals surface area contributed by atoms with Gasteiger partial charge in [0.1, 0.15) is 0 Å². The minimum Gasteiger partial charge on any atom is -0.466 e. The third-order valence-electron chi connectivity index (χ3n) is 2.53. The van der Waals surface area contributed by atoms with Gasteiger partial charge in [-0.3, -0.25) is 9.80 Å². The first kappa shape index (κ1) is 16.7. The average molecular weight is 292 g/mol. The van der Waals surface area contributed by atoms with Crippen molar-refractivity contribution in [3.05, 3.63) is 30.3 Å². The molecule has 0 spiro atoms. The largest absolute Gasteiger partial charge is 0.466 e. The van der Waals surface area contributed by atoms with Crippen LogP contribution in [-0.2, 0) is 19.1 Å². The number of carbonyl (C=O) groups excluding carboxylic acids is 2. The Labute approximate surface area is 124 Å². The molecule has 0 atom stereocenters. The van der Waals surface area contributed by atoms with Crippen LogP contribution in [0.1, 0.15) is 20.3 Å². The van der Waals surface area contributed by atoms with Gasteiger partial charge in [0.2, 0.25) is 0 Å². The van der Waals surface area contributed by atoms with E-state index in [4.69, 9.17) is 9.47 Å². The summed E-state index contributed by atoms with van der Waals surface area (Å²) in [4.78, 5) is 23.4. The van der Waals surface area contributed by atoms with Crippen molar-refractivity contribution in [3.63, 3.8) is 0 Å². The van der Waals surface area contributed by atoms with Crippen LogP contribution >= 0.6 is 0 Å². The lowest BCUT2D eigenvalue weighted by Gasteiger charge is -2.15. The first-order chi connectivity index (χ1) is 10.1. The maximum absolute atomic E-state index is 11.9. The van der Waals surface area contributed by atoms with Crippen LogP contribution in [-0.4, -0.2) is 37.9 Å². The van der Waals surface area contributed by atoms with E-state index in [0.717, 1.165) is 5.69 Å². The predicted molar refractivity (Wildman–Crippen MR) is 80.2 cm³/mol. The lowest BCUT2D eigenvalue weighted by Crippen LogP contribution is -2.25. The Balaban J connectivity index is 2.91. The molecule has 1 rings (SSSR count). The molecule has 0 saturated carbocycles. The fourth-order valence-electron chi connectivity index (χ4n) is 1.59. The number of esters is 2. The van der Waals surface area contributed by atoms with Gasteiger partial charge in [0, 0.05) is 7.05 Å². The van der Waals surface area contributed by atoms with E-state index in [9.17, 15) is 9.59 Å². The molecule has 1 aromatic carbocycles. The van der Waals surface area contributed by atoms with Gasteiger partial charge in [0.25, 0.3) is 0 Å². The number of hydrogen-bond acceptors (Lipinski definition) is 6. The average Bonchev–Trinajstić information content (AvgIpc) is 2.48. The smallest absolute Gasteiger partial charge is 0.355 e. The molecule has 0 aromatic heterocycles. The predicted octanol–water partition coefficient (Wildman–Crippen LogP) is 2.00. The zero-order chi connectivity index (χ0) is 15.7. The second-order valence-electron chi connectivity index (χ2n) is 4.11. The van der Waals surface area contributed by atoms with Crippen LogP contribution in [0.5, 0.6) is 0 Å². The molecule has 0 aliphatic heterocycles. The van der Waals surface area contributed by atoms with Crippen LogP contribution in [0.15, 0.2) is 35.4 Å². The summed E-state index contributed by atoms with van der Waals surface area (Å²) in [7, 11) is 1.69. The van der Waals surface area contributed by atoms with Crippen LogP contribution in [0.3, 0.4) is 0 Å². The molecule has 0 N–H and O–H groups in total.